The summed E-state index contributed by atoms with van der Waals surface area (Å²) >= 11 is 0. The number of hydrogen-bond acceptors (Lipinski definition) is 4. The Kier molecular flexibility index (Phi) is 8.53. The minimum absolute atomic E-state index is 0. The summed E-state index contributed by atoms with van der Waals surface area (Å²) in [6.45, 7) is 5.80. The van der Waals surface area contributed by atoms with Gasteiger partial charge in [0.2, 0.25) is 0 Å². The molecule has 1 fully saturated rings. The third-order valence-electron chi connectivity index (χ3n) is 5.19. The maximum Gasteiger partial charge on any atom is 0.256 e. The lowest BCUT2D eigenvalue weighted by Gasteiger charge is -2.32. The van der Waals surface area contributed by atoms with Gasteiger partial charge in [-0.05, 0) is 13.1 Å². The fourth-order valence-corrected chi connectivity index (χ4v) is 3.56. The van der Waals surface area contributed by atoms with Crippen molar-refractivity contribution in [3.05, 3.63) is 65.0 Å². The zero-order valence-corrected chi connectivity index (χ0v) is 18.1. The molecule has 1 aliphatic heterocycles. The van der Waals surface area contributed by atoms with Crippen LogP contribution in [0.3, 0.4) is 0 Å². The number of fused-ring (bicyclic) bond motifs is 1. The standard InChI is InChI=1S/C22H25N3O2.2ClH/c1-24-11-13-25(14-12-24)15-16-27-21-18-9-5-6-10-19(18)22(26)23-20(21)17-7-3-2-4-8-17;;/h2-10H,11-16H2,1H3,(H,23,26);2*1H. The van der Waals surface area contributed by atoms with Gasteiger partial charge in [-0.25, -0.2) is 0 Å². The molecule has 0 radical (unpaired) electrons. The molecule has 4 rings (SSSR count). The quantitative estimate of drug-likeness (QED) is 0.663. The number of aromatic nitrogens is 1. The van der Waals surface area contributed by atoms with Crippen LogP contribution >= 0.6 is 24.8 Å². The number of pyridine rings is 1. The fourth-order valence-electron chi connectivity index (χ4n) is 3.56. The van der Waals surface area contributed by atoms with Crippen LogP contribution in [0.15, 0.2) is 59.4 Å². The number of ether oxygens (including phenoxy) is 1. The van der Waals surface area contributed by atoms with Crippen LogP contribution in [0.25, 0.3) is 22.0 Å². The molecule has 0 spiro atoms. The number of hydrogen-bond donors (Lipinski definition) is 1. The second kappa shape index (κ2) is 10.6. The van der Waals surface area contributed by atoms with Gasteiger partial charge in [-0.2, -0.15) is 0 Å². The third kappa shape index (κ3) is 5.31. The average Bonchev–Trinajstić information content (AvgIpc) is 2.71. The van der Waals surface area contributed by atoms with Crippen LogP contribution < -0.4 is 10.3 Å². The molecule has 1 N–H and O–H groups in total. The SMILES string of the molecule is CN1CCN(CCOc2c(-c3ccccc3)[nH]c(=O)c3ccccc23)CC1.Cl.Cl. The van der Waals surface area contributed by atoms with E-state index in [1.165, 1.54) is 0 Å². The number of likely N-dealkylation sites (N-methyl/N-ethyl adjacent to an activating group) is 1. The highest BCUT2D eigenvalue weighted by Crippen LogP contribution is 2.33. The normalized spacial score (nSPS) is 14.8. The summed E-state index contributed by atoms with van der Waals surface area (Å²) in [5.41, 5.74) is 1.61. The number of halogens is 2. The van der Waals surface area contributed by atoms with Crippen molar-refractivity contribution in [1.82, 2.24) is 14.8 Å². The Hall–Kier alpha value is -2.05. The number of H-pyrrole nitrogens is 1. The highest BCUT2D eigenvalue weighted by atomic mass is 35.5. The van der Waals surface area contributed by atoms with E-state index >= 15 is 0 Å². The van der Waals surface area contributed by atoms with E-state index in [0.717, 1.165) is 55.1 Å². The van der Waals surface area contributed by atoms with Gasteiger partial charge in [-0.15, -0.1) is 24.8 Å². The minimum atomic E-state index is -0.0872. The lowest BCUT2D eigenvalue weighted by molar-refractivity contribution is 0.134. The molecule has 5 nitrogen and oxygen atoms in total. The molecule has 2 aromatic carbocycles. The van der Waals surface area contributed by atoms with Crippen LogP contribution in [0.1, 0.15) is 0 Å². The lowest BCUT2D eigenvalue weighted by Crippen LogP contribution is -2.45. The van der Waals surface area contributed by atoms with Gasteiger partial charge >= 0.3 is 0 Å². The molecule has 29 heavy (non-hydrogen) atoms. The van der Waals surface area contributed by atoms with Crippen LogP contribution in [0, 0.1) is 0 Å². The molecule has 1 aliphatic rings. The molecule has 0 bridgehead atoms. The molecule has 0 unspecified atom stereocenters. The van der Waals surface area contributed by atoms with Crippen molar-refractivity contribution in [2.75, 3.05) is 46.4 Å². The van der Waals surface area contributed by atoms with Crippen LogP contribution in [-0.4, -0.2) is 61.2 Å². The van der Waals surface area contributed by atoms with Crippen LogP contribution in [0.4, 0.5) is 0 Å². The first kappa shape index (κ1) is 23.2. The van der Waals surface area contributed by atoms with Gasteiger partial charge in [0.15, 0.2) is 5.75 Å². The third-order valence-corrected chi connectivity index (χ3v) is 5.19. The van der Waals surface area contributed by atoms with Gasteiger partial charge in [0.25, 0.3) is 5.56 Å². The molecule has 1 saturated heterocycles. The number of rotatable bonds is 5. The predicted octanol–water partition coefficient (Wildman–Crippen LogP) is 3.66. The Bertz CT molecular complexity index is 971. The van der Waals surface area contributed by atoms with Gasteiger partial charge in [0.1, 0.15) is 6.61 Å². The van der Waals surface area contributed by atoms with Crippen molar-refractivity contribution in [2.45, 2.75) is 0 Å². The summed E-state index contributed by atoms with van der Waals surface area (Å²) in [6.07, 6.45) is 0. The van der Waals surface area contributed by atoms with Gasteiger partial charge in [-0.3, -0.25) is 9.69 Å². The number of nitrogens with zero attached hydrogens (tertiary/aromatic N) is 2. The first-order chi connectivity index (χ1) is 13.2. The molecule has 3 aromatic rings. The molecule has 1 aromatic heterocycles. The second-order valence-corrected chi connectivity index (χ2v) is 7.06. The zero-order chi connectivity index (χ0) is 18.6. The summed E-state index contributed by atoms with van der Waals surface area (Å²) in [7, 11) is 2.16. The van der Waals surface area contributed by atoms with E-state index in [0.29, 0.717) is 12.0 Å². The number of aromatic amines is 1. The molecule has 0 saturated carbocycles. The summed E-state index contributed by atoms with van der Waals surface area (Å²) in [6, 6.07) is 17.5. The molecule has 0 aliphatic carbocycles. The van der Waals surface area contributed by atoms with Crippen molar-refractivity contribution in [1.29, 1.82) is 0 Å². The largest absolute Gasteiger partial charge is 0.489 e. The van der Waals surface area contributed by atoms with Crippen molar-refractivity contribution < 1.29 is 4.74 Å². The van der Waals surface area contributed by atoms with E-state index in [2.05, 4.69) is 21.8 Å². The average molecular weight is 436 g/mol. The molecule has 2 heterocycles. The Balaban J connectivity index is 0.00000150. The van der Waals surface area contributed by atoms with E-state index in [4.69, 9.17) is 4.74 Å². The zero-order valence-electron chi connectivity index (χ0n) is 16.5. The molecule has 0 atom stereocenters. The Morgan fingerprint density at radius 1 is 0.897 bits per heavy atom. The fraction of sp³-hybridized carbons (Fsp3) is 0.318. The number of benzene rings is 2. The maximum absolute atomic E-state index is 12.6. The highest BCUT2D eigenvalue weighted by Gasteiger charge is 2.16. The number of nitrogens with one attached hydrogen (secondary N) is 1. The first-order valence-electron chi connectivity index (χ1n) is 9.46. The molecular weight excluding hydrogens is 409 g/mol. The number of piperazine rings is 1. The molecular formula is C22H27Cl2N3O2. The van der Waals surface area contributed by atoms with E-state index in [-0.39, 0.29) is 30.4 Å². The van der Waals surface area contributed by atoms with Crippen LogP contribution in [0.2, 0.25) is 0 Å². The Morgan fingerprint density at radius 3 is 2.21 bits per heavy atom. The summed E-state index contributed by atoms with van der Waals surface area (Å²) in [5.74, 6) is 0.755. The second-order valence-electron chi connectivity index (χ2n) is 7.06. The van der Waals surface area contributed by atoms with Gasteiger partial charge in [0.05, 0.1) is 11.1 Å². The highest BCUT2D eigenvalue weighted by molar-refractivity contribution is 5.92. The molecule has 156 valence electrons. The van der Waals surface area contributed by atoms with Crippen molar-refractivity contribution in [3.63, 3.8) is 0 Å². The monoisotopic (exact) mass is 435 g/mol. The summed E-state index contributed by atoms with van der Waals surface area (Å²) in [5, 5.41) is 1.52. The Morgan fingerprint density at radius 2 is 1.52 bits per heavy atom. The van der Waals surface area contributed by atoms with Gasteiger partial charge < -0.3 is 14.6 Å². The van der Waals surface area contributed by atoms with E-state index in [9.17, 15) is 4.79 Å². The first-order valence-corrected chi connectivity index (χ1v) is 9.46. The Labute approximate surface area is 183 Å². The molecule has 7 heteroatoms. The van der Waals surface area contributed by atoms with E-state index < -0.39 is 0 Å². The summed E-state index contributed by atoms with van der Waals surface area (Å²) < 4.78 is 6.26. The van der Waals surface area contributed by atoms with Crippen LogP contribution in [-0.2, 0) is 0 Å². The van der Waals surface area contributed by atoms with Gasteiger partial charge in [0, 0.05) is 43.7 Å². The van der Waals surface area contributed by atoms with Gasteiger partial charge in [-0.1, -0.05) is 48.5 Å². The predicted molar refractivity (Wildman–Crippen MR) is 124 cm³/mol. The van der Waals surface area contributed by atoms with Crippen molar-refractivity contribution in [3.8, 4) is 17.0 Å². The van der Waals surface area contributed by atoms with E-state index in [1.807, 2.05) is 54.6 Å². The minimum Gasteiger partial charge on any atom is -0.489 e. The maximum atomic E-state index is 12.6. The van der Waals surface area contributed by atoms with E-state index in [1.54, 1.807) is 0 Å². The van der Waals surface area contributed by atoms with Crippen molar-refractivity contribution >= 4 is 35.6 Å². The topological polar surface area (TPSA) is 48.6 Å². The van der Waals surface area contributed by atoms with Crippen LogP contribution in [0.5, 0.6) is 5.75 Å². The lowest BCUT2D eigenvalue weighted by atomic mass is 10.1. The summed E-state index contributed by atoms with van der Waals surface area (Å²) in [4.78, 5) is 20.4. The van der Waals surface area contributed by atoms with Crippen molar-refractivity contribution in [2.24, 2.45) is 0 Å². The smallest absolute Gasteiger partial charge is 0.256 e. The molecule has 0 amide bonds.